The number of fused-ring (bicyclic) bond motifs is 1. The Bertz CT molecular complexity index is 1910. The molecule has 53 heavy (non-hydrogen) atoms. The van der Waals surface area contributed by atoms with E-state index in [1.54, 1.807) is 19.2 Å². The van der Waals surface area contributed by atoms with Gasteiger partial charge in [-0.05, 0) is 91.6 Å². The first-order chi connectivity index (χ1) is 25.0. The van der Waals surface area contributed by atoms with Gasteiger partial charge in [0.1, 0.15) is 18.8 Å². The average Bonchev–Trinajstić information content (AvgIpc) is 3.50. The number of halogens is 2. The summed E-state index contributed by atoms with van der Waals surface area (Å²) in [5.41, 5.74) is -0.972. The summed E-state index contributed by atoms with van der Waals surface area (Å²) in [6, 6.07) is 7.18. The number of amides is 1. The molecule has 17 heteroatoms. The van der Waals surface area contributed by atoms with Gasteiger partial charge in [0.25, 0.3) is 0 Å². The van der Waals surface area contributed by atoms with Crippen molar-refractivity contribution >= 4 is 52.6 Å². The summed E-state index contributed by atoms with van der Waals surface area (Å²) in [6.07, 6.45) is 4.63. The van der Waals surface area contributed by atoms with Gasteiger partial charge in [0, 0.05) is 29.1 Å². The van der Waals surface area contributed by atoms with E-state index in [0.717, 1.165) is 32.0 Å². The number of carbonyl (C=O) groups excluding carboxylic acids is 1. The minimum atomic E-state index is -3.75. The number of anilines is 3. The van der Waals surface area contributed by atoms with Crippen molar-refractivity contribution in [3.8, 4) is 11.5 Å². The second kappa shape index (κ2) is 17.1. The maximum Gasteiger partial charge on any atom is 0.475 e. The van der Waals surface area contributed by atoms with Crippen LogP contribution >= 0.6 is 19.2 Å². The van der Waals surface area contributed by atoms with Crippen LogP contribution in [0.25, 0.3) is 10.9 Å². The van der Waals surface area contributed by atoms with Crippen LogP contribution in [0.5, 0.6) is 11.5 Å². The molecule has 4 aromatic rings. The standard InChI is InChI=1S/C36H47F2N6O7PS/c1-35(2,3)50-52(46,51-36(4,5)6)49-21-23-11-13-44(14-12-23)15-16-48-30-19-28-25(18-29(30)47-7)33(41-22-40-28)43-34-39-20-24(53-34)17-31(45)42-27-10-8-9-26(37)32(27)38/h8-10,18-20,22-23H,11-17,21H2,1-7H3,(H,42,45)(H,39,40,41,43). The first-order valence-corrected chi connectivity index (χ1v) is 19.6. The summed E-state index contributed by atoms with van der Waals surface area (Å²) < 4.78 is 70.0. The molecular weight excluding hydrogens is 729 g/mol. The lowest BCUT2D eigenvalue weighted by molar-refractivity contribution is -0.115. The van der Waals surface area contributed by atoms with E-state index in [9.17, 15) is 18.1 Å². The monoisotopic (exact) mass is 776 g/mol. The van der Waals surface area contributed by atoms with Gasteiger partial charge >= 0.3 is 7.82 Å². The number of piperidine rings is 1. The van der Waals surface area contributed by atoms with Crippen LogP contribution in [0.3, 0.4) is 0 Å². The zero-order valence-corrected chi connectivity index (χ0v) is 32.7. The highest BCUT2D eigenvalue weighted by Gasteiger charge is 2.38. The van der Waals surface area contributed by atoms with E-state index in [0.29, 0.717) is 58.0 Å². The lowest BCUT2D eigenvalue weighted by Gasteiger charge is -2.34. The van der Waals surface area contributed by atoms with E-state index in [-0.39, 0.29) is 18.0 Å². The maximum atomic E-state index is 14.0. The van der Waals surface area contributed by atoms with E-state index < -0.39 is 36.6 Å². The van der Waals surface area contributed by atoms with E-state index >= 15 is 0 Å². The van der Waals surface area contributed by atoms with E-state index in [4.69, 9.17) is 23.0 Å². The molecule has 288 valence electrons. The van der Waals surface area contributed by atoms with Gasteiger partial charge in [-0.2, -0.15) is 0 Å². The molecule has 1 saturated heterocycles. The predicted molar refractivity (Wildman–Crippen MR) is 200 cm³/mol. The zero-order chi connectivity index (χ0) is 38.4. The second-order valence-corrected chi connectivity index (χ2v) is 17.2. The van der Waals surface area contributed by atoms with Crippen molar-refractivity contribution < 1.29 is 41.2 Å². The van der Waals surface area contributed by atoms with Gasteiger partial charge < -0.3 is 20.1 Å². The van der Waals surface area contributed by atoms with Crippen LogP contribution in [0.1, 0.15) is 59.3 Å². The summed E-state index contributed by atoms with van der Waals surface area (Å²) >= 11 is 1.22. The molecule has 2 aromatic carbocycles. The minimum Gasteiger partial charge on any atom is -0.493 e. The number of nitrogens with zero attached hydrogens (tertiary/aromatic N) is 4. The van der Waals surface area contributed by atoms with E-state index in [1.807, 2.05) is 41.5 Å². The fourth-order valence-corrected chi connectivity index (χ4v) is 8.23. The first-order valence-electron chi connectivity index (χ1n) is 17.3. The zero-order valence-electron chi connectivity index (χ0n) is 31.0. The van der Waals surface area contributed by atoms with Crippen molar-refractivity contribution in [1.29, 1.82) is 0 Å². The Morgan fingerprint density at radius 3 is 2.42 bits per heavy atom. The molecule has 2 N–H and O–H groups in total. The number of phosphoric acid groups is 1. The molecule has 13 nitrogen and oxygen atoms in total. The number of methoxy groups -OCH3 is 1. The number of likely N-dealkylation sites (tertiary alicyclic amines) is 1. The van der Waals surface area contributed by atoms with Crippen molar-refractivity contribution in [2.45, 2.75) is 72.0 Å². The molecule has 5 rings (SSSR count). The number of rotatable bonds is 15. The fraction of sp³-hybridized carbons (Fsp3) is 0.500. The van der Waals surface area contributed by atoms with Gasteiger partial charge in [-0.1, -0.05) is 6.07 Å². The topological polar surface area (TPSA) is 146 Å². The molecule has 0 atom stereocenters. The van der Waals surface area contributed by atoms with Crippen molar-refractivity contribution in [3.05, 3.63) is 59.4 Å². The molecular formula is C36H47F2N6O7PS. The molecule has 0 saturated carbocycles. The normalized spacial score (nSPS) is 14.7. The summed E-state index contributed by atoms with van der Waals surface area (Å²) in [6.45, 7) is 14.0. The van der Waals surface area contributed by atoms with Crippen LogP contribution < -0.4 is 20.1 Å². The molecule has 1 amide bonds. The largest absolute Gasteiger partial charge is 0.493 e. The molecule has 0 unspecified atom stereocenters. The number of phosphoric ester groups is 1. The number of ether oxygens (including phenoxy) is 2. The smallest absolute Gasteiger partial charge is 0.475 e. The van der Waals surface area contributed by atoms with Crippen LogP contribution in [0.15, 0.2) is 42.9 Å². The Labute approximate surface area is 312 Å². The number of aromatic nitrogens is 3. The lowest BCUT2D eigenvalue weighted by atomic mass is 9.98. The van der Waals surface area contributed by atoms with Gasteiger partial charge in [-0.3, -0.25) is 23.3 Å². The number of nitrogens with one attached hydrogen (secondary N) is 2. The van der Waals surface area contributed by atoms with E-state index in [2.05, 4.69) is 30.5 Å². The SMILES string of the molecule is COc1cc2c(Nc3ncc(CC(=O)Nc4cccc(F)c4F)s3)ncnc2cc1OCCN1CCC(COP(=O)(OC(C)(C)C)OC(C)(C)C)CC1. The van der Waals surface area contributed by atoms with Gasteiger partial charge in [-0.25, -0.2) is 28.3 Å². The second-order valence-electron chi connectivity index (χ2n) is 14.6. The Morgan fingerprint density at radius 2 is 1.74 bits per heavy atom. The summed E-state index contributed by atoms with van der Waals surface area (Å²) in [5, 5.41) is 6.71. The minimum absolute atomic E-state index is 0.0792. The Hall–Kier alpha value is -3.79. The molecule has 3 heterocycles. The maximum absolute atomic E-state index is 14.0. The average molecular weight is 777 g/mol. The summed E-state index contributed by atoms with van der Waals surface area (Å²) in [5.74, 6) is -0.916. The third-order valence-electron chi connectivity index (χ3n) is 7.87. The van der Waals surface area contributed by atoms with Crippen molar-refractivity contribution in [3.63, 3.8) is 0 Å². The molecule has 0 bridgehead atoms. The van der Waals surface area contributed by atoms with Gasteiger partial charge in [0.15, 0.2) is 28.3 Å². The van der Waals surface area contributed by atoms with Crippen molar-refractivity contribution in [1.82, 2.24) is 19.9 Å². The van der Waals surface area contributed by atoms with Crippen LogP contribution in [-0.2, 0) is 29.4 Å². The quantitative estimate of drug-likeness (QED) is 0.112. The van der Waals surface area contributed by atoms with Gasteiger partial charge in [0.2, 0.25) is 5.91 Å². The fourth-order valence-electron chi connectivity index (χ4n) is 5.54. The van der Waals surface area contributed by atoms with Gasteiger partial charge in [-0.15, -0.1) is 11.3 Å². The third-order valence-corrected chi connectivity index (χ3v) is 10.8. The Kier molecular flexibility index (Phi) is 13.1. The highest BCUT2D eigenvalue weighted by molar-refractivity contribution is 7.48. The molecule has 0 spiro atoms. The molecule has 1 aliphatic rings. The highest BCUT2D eigenvalue weighted by Crippen LogP contribution is 2.55. The predicted octanol–water partition coefficient (Wildman–Crippen LogP) is 8.14. The Balaban J connectivity index is 1.13. The van der Waals surface area contributed by atoms with Crippen LogP contribution in [0.2, 0.25) is 0 Å². The number of benzene rings is 2. The molecule has 0 radical (unpaired) electrons. The van der Waals surface area contributed by atoms with Crippen LogP contribution in [0, 0.1) is 17.6 Å². The lowest BCUT2D eigenvalue weighted by Crippen LogP contribution is -2.37. The summed E-state index contributed by atoms with van der Waals surface area (Å²) in [4.78, 5) is 28.6. The molecule has 1 aliphatic heterocycles. The number of carbonyl (C=O) groups is 1. The van der Waals surface area contributed by atoms with Crippen molar-refractivity contribution in [2.24, 2.45) is 5.92 Å². The summed E-state index contributed by atoms with van der Waals surface area (Å²) in [7, 11) is -2.19. The van der Waals surface area contributed by atoms with Crippen molar-refractivity contribution in [2.75, 3.05) is 50.6 Å². The number of thiazole rings is 1. The Morgan fingerprint density at radius 1 is 1.02 bits per heavy atom. The molecule has 1 fully saturated rings. The van der Waals surface area contributed by atoms with Crippen LogP contribution in [-0.4, -0.2) is 76.9 Å². The van der Waals surface area contributed by atoms with Gasteiger partial charge in [0.05, 0.1) is 42.5 Å². The highest BCUT2D eigenvalue weighted by atomic mass is 32.1. The molecule has 0 aliphatic carbocycles. The van der Waals surface area contributed by atoms with E-state index in [1.165, 1.54) is 36.0 Å². The van der Waals surface area contributed by atoms with Crippen LogP contribution in [0.4, 0.5) is 25.4 Å². The third kappa shape index (κ3) is 11.8. The molecule has 2 aromatic heterocycles. The number of hydrogen-bond donors (Lipinski definition) is 2. The first kappa shape index (κ1) is 40.4. The number of hydrogen-bond acceptors (Lipinski definition) is 13.